The Labute approximate surface area is 340 Å². The van der Waals surface area contributed by atoms with E-state index in [0.29, 0.717) is 12.8 Å². The summed E-state index contributed by atoms with van der Waals surface area (Å²) in [6.07, 6.45) is 41.0. The summed E-state index contributed by atoms with van der Waals surface area (Å²) >= 11 is 0. The second-order valence-electron chi connectivity index (χ2n) is 15.2. The van der Waals surface area contributed by atoms with Crippen molar-refractivity contribution in [1.29, 1.82) is 0 Å². The highest BCUT2D eigenvalue weighted by molar-refractivity contribution is 7.47. The lowest BCUT2D eigenvalue weighted by atomic mass is 10.0. The summed E-state index contributed by atoms with van der Waals surface area (Å²) in [4.78, 5) is 46.0. The van der Waals surface area contributed by atoms with Crippen LogP contribution in [0, 0.1) is 0 Å². The second kappa shape index (κ2) is 39.8. The van der Waals surface area contributed by atoms with E-state index in [9.17, 15) is 23.8 Å². The Morgan fingerprint density at radius 1 is 0.554 bits per heavy atom. The lowest BCUT2D eigenvalue weighted by Crippen LogP contribution is -2.34. The number of ether oxygens (including phenoxy) is 2. The normalized spacial score (nSPS) is 13.9. The van der Waals surface area contributed by atoms with E-state index in [4.69, 9.17) is 24.8 Å². The summed E-state index contributed by atoms with van der Waals surface area (Å²) in [5, 5.41) is 8.89. The molecule has 0 radical (unpaired) electrons. The van der Waals surface area contributed by atoms with Gasteiger partial charge < -0.3 is 25.2 Å². The first-order valence-electron chi connectivity index (χ1n) is 22.4. The Balaban J connectivity index is 4.31. The number of rotatable bonds is 42. The molecule has 0 aliphatic carbocycles. The van der Waals surface area contributed by atoms with Gasteiger partial charge in [0.05, 0.1) is 13.2 Å². The van der Waals surface area contributed by atoms with Crippen molar-refractivity contribution in [3.05, 3.63) is 24.3 Å². The average Bonchev–Trinajstić information content (AvgIpc) is 3.17. The molecule has 0 bridgehead atoms. The Hall–Kier alpha value is -2.04. The fourth-order valence-corrected chi connectivity index (χ4v) is 6.92. The first kappa shape index (κ1) is 54.0. The number of carboxylic acids is 1. The summed E-state index contributed by atoms with van der Waals surface area (Å²) in [7, 11) is -4.72. The molecule has 1 unspecified atom stereocenters. The van der Waals surface area contributed by atoms with Gasteiger partial charge in [-0.05, 0) is 38.5 Å². The van der Waals surface area contributed by atoms with Crippen molar-refractivity contribution < 1.29 is 47.5 Å². The molecule has 0 saturated carbocycles. The number of allylic oxidation sites excluding steroid dienone is 4. The van der Waals surface area contributed by atoms with Crippen LogP contribution in [-0.2, 0) is 37.5 Å². The number of carbonyl (C=O) groups is 3. The van der Waals surface area contributed by atoms with Crippen molar-refractivity contribution >= 4 is 25.7 Å². The average molecular weight is 816 g/mol. The van der Waals surface area contributed by atoms with Crippen molar-refractivity contribution in [2.75, 3.05) is 19.8 Å². The number of carboxylic acid groups (broad SMARTS) is 1. The van der Waals surface area contributed by atoms with E-state index in [1.165, 1.54) is 103 Å². The molecule has 0 amide bonds. The third-order valence-corrected chi connectivity index (χ3v) is 10.7. The van der Waals surface area contributed by atoms with Gasteiger partial charge in [0.2, 0.25) is 0 Å². The maximum absolute atomic E-state index is 12.6. The Morgan fingerprint density at radius 2 is 0.964 bits per heavy atom. The minimum absolute atomic E-state index is 0.148. The molecule has 0 aliphatic rings. The maximum atomic E-state index is 12.6. The van der Waals surface area contributed by atoms with E-state index < -0.39 is 51.1 Å². The number of phosphoric acid groups is 1. The monoisotopic (exact) mass is 816 g/mol. The molecule has 0 aromatic carbocycles. The van der Waals surface area contributed by atoms with E-state index in [0.717, 1.165) is 64.2 Å². The van der Waals surface area contributed by atoms with E-state index >= 15 is 0 Å². The van der Waals surface area contributed by atoms with Crippen LogP contribution in [0.25, 0.3) is 0 Å². The molecule has 56 heavy (non-hydrogen) atoms. The van der Waals surface area contributed by atoms with Crippen molar-refractivity contribution in [3.8, 4) is 0 Å². The highest BCUT2D eigenvalue weighted by Gasteiger charge is 2.28. The number of carbonyl (C=O) groups excluding carboxylic acids is 2. The Bertz CT molecular complexity index is 1050. The molecule has 3 atom stereocenters. The number of phosphoric ester groups is 1. The predicted octanol–water partition coefficient (Wildman–Crippen LogP) is 11.8. The standard InChI is InChI=1S/C44H82NO10P/c1-3-5-7-9-11-13-15-17-19-20-21-22-24-25-27-29-31-33-35-42(46)52-37-40(38-53-56(50,51)54-39-41(45)44(48)49)55-43(47)36-34-32-30-28-26-23-18-16-14-12-10-8-6-4-2/h10,12,16,18,40-41H,3-9,11,13-15,17,19-39,45H2,1-2H3,(H,48,49)(H,50,51)/b12-10-,18-16-/t40-,41+/m1/s1. The first-order chi connectivity index (χ1) is 27.1. The molecule has 0 heterocycles. The van der Waals surface area contributed by atoms with E-state index in [-0.39, 0.29) is 19.4 Å². The van der Waals surface area contributed by atoms with E-state index in [2.05, 4.69) is 42.7 Å². The first-order valence-corrected chi connectivity index (χ1v) is 23.9. The molecular formula is C44H82NO10P. The van der Waals surface area contributed by atoms with Gasteiger partial charge in [0.15, 0.2) is 6.10 Å². The largest absolute Gasteiger partial charge is 0.480 e. The zero-order valence-corrected chi connectivity index (χ0v) is 36.4. The summed E-state index contributed by atoms with van der Waals surface area (Å²) in [6, 6.07) is -1.52. The van der Waals surface area contributed by atoms with Gasteiger partial charge in [-0.25, -0.2) is 4.57 Å². The zero-order valence-electron chi connectivity index (χ0n) is 35.5. The SMILES string of the molecule is CCCC/C=C\C/C=C\CCCCCCCC(=O)O[C@H](COC(=O)CCCCCCCCCCCCCCCCCCCC)COP(=O)(O)OC[C@H](N)C(=O)O. The second-order valence-corrected chi connectivity index (χ2v) is 16.6. The third kappa shape index (κ3) is 38.8. The molecule has 11 nitrogen and oxygen atoms in total. The molecule has 4 N–H and O–H groups in total. The molecule has 12 heteroatoms. The van der Waals surface area contributed by atoms with Crippen LogP contribution in [0.4, 0.5) is 0 Å². The predicted molar refractivity (Wildman–Crippen MR) is 226 cm³/mol. The maximum Gasteiger partial charge on any atom is 0.472 e. The molecule has 0 aliphatic heterocycles. The van der Waals surface area contributed by atoms with Gasteiger partial charge in [-0.3, -0.25) is 23.4 Å². The minimum atomic E-state index is -4.72. The van der Waals surface area contributed by atoms with Crippen LogP contribution in [0.2, 0.25) is 0 Å². The van der Waals surface area contributed by atoms with Crippen LogP contribution in [0.3, 0.4) is 0 Å². The summed E-state index contributed by atoms with van der Waals surface area (Å²) in [5.41, 5.74) is 5.33. The number of unbranched alkanes of at least 4 members (excludes halogenated alkanes) is 24. The van der Waals surface area contributed by atoms with Crippen molar-refractivity contribution in [1.82, 2.24) is 0 Å². The molecule has 0 spiro atoms. The van der Waals surface area contributed by atoms with Crippen LogP contribution in [0.5, 0.6) is 0 Å². The molecule has 328 valence electrons. The number of aliphatic carboxylic acids is 1. The van der Waals surface area contributed by atoms with Gasteiger partial charge in [0.25, 0.3) is 0 Å². The van der Waals surface area contributed by atoms with Gasteiger partial charge in [-0.15, -0.1) is 0 Å². The quantitative estimate of drug-likeness (QED) is 0.0232. The minimum Gasteiger partial charge on any atom is -0.480 e. The van der Waals surface area contributed by atoms with Gasteiger partial charge in [-0.2, -0.15) is 0 Å². The number of hydrogen-bond acceptors (Lipinski definition) is 9. The van der Waals surface area contributed by atoms with Crippen molar-refractivity contribution in [2.24, 2.45) is 5.73 Å². The summed E-state index contributed by atoms with van der Waals surface area (Å²) < 4.78 is 32.7. The van der Waals surface area contributed by atoms with Gasteiger partial charge in [-0.1, -0.05) is 179 Å². The van der Waals surface area contributed by atoms with Crippen LogP contribution >= 0.6 is 7.82 Å². The lowest BCUT2D eigenvalue weighted by molar-refractivity contribution is -0.161. The molecule has 0 fully saturated rings. The molecule has 0 saturated heterocycles. The van der Waals surface area contributed by atoms with Gasteiger partial charge in [0, 0.05) is 12.8 Å². The van der Waals surface area contributed by atoms with Gasteiger partial charge >= 0.3 is 25.7 Å². The van der Waals surface area contributed by atoms with Gasteiger partial charge in [0.1, 0.15) is 12.6 Å². The number of esters is 2. The Morgan fingerprint density at radius 3 is 1.45 bits per heavy atom. The van der Waals surface area contributed by atoms with Crippen molar-refractivity contribution in [2.45, 2.75) is 219 Å². The smallest absolute Gasteiger partial charge is 0.472 e. The topological polar surface area (TPSA) is 172 Å². The van der Waals surface area contributed by atoms with Crippen LogP contribution in [-0.4, -0.2) is 59.9 Å². The molecule has 0 aromatic heterocycles. The van der Waals surface area contributed by atoms with Crippen LogP contribution in [0.1, 0.15) is 206 Å². The number of hydrogen-bond donors (Lipinski definition) is 3. The van der Waals surface area contributed by atoms with E-state index in [1.807, 2.05) is 0 Å². The highest BCUT2D eigenvalue weighted by Crippen LogP contribution is 2.43. The Kier molecular flexibility index (Phi) is 38.3. The fraction of sp³-hybridized carbons (Fsp3) is 0.841. The fourth-order valence-electron chi connectivity index (χ4n) is 6.14. The third-order valence-electron chi connectivity index (χ3n) is 9.70. The number of nitrogens with two attached hydrogens (primary N) is 1. The van der Waals surface area contributed by atoms with E-state index in [1.54, 1.807) is 0 Å². The lowest BCUT2D eigenvalue weighted by Gasteiger charge is -2.20. The van der Waals surface area contributed by atoms with Crippen LogP contribution in [0.15, 0.2) is 24.3 Å². The summed E-state index contributed by atoms with van der Waals surface area (Å²) in [6.45, 7) is 2.77. The van der Waals surface area contributed by atoms with Crippen molar-refractivity contribution in [3.63, 3.8) is 0 Å². The van der Waals surface area contributed by atoms with Crippen LogP contribution < -0.4 is 5.73 Å². The molecule has 0 rings (SSSR count). The summed E-state index contributed by atoms with van der Waals surface area (Å²) in [5.74, 6) is -2.39. The zero-order chi connectivity index (χ0) is 41.4. The molecular weight excluding hydrogens is 733 g/mol. The molecule has 0 aromatic rings. The highest BCUT2D eigenvalue weighted by atomic mass is 31.2.